The van der Waals surface area contributed by atoms with Gasteiger partial charge in [-0.3, -0.25) is 4.79 Å². The molecule has 0 atom stereocenters. The molecule has 1 amide bonds. The van der Waals surface area contributed by atoms with Crippen molar-refractivity contribution in [2.75, 3.05) is 20.0 Å². The van der Waals surface area contributed by atoms with E-state index in [2.05, 4.69) is 17.4 Å². The first-order valence-corrected chi connectivity index (χ1v) is 11.2. The Hall–Kier alpha value is -3.51. The summed E-state index contributed by atoms with van der Waals surface area (Å²) in [5.41, 5.74) is 4.05. The third-order valence-electron chi connectivity index (χ3n) is 5.08. The molecule has 0 unspecified atom stereocenters. The number of ether oxygens (including phenoxy) is 2. The van der Waals surface area contributed by atoms with Crippen molar-refractivity contribution < 1.29 is 14.3 Å². The predicted octanol–water partition coefficient (Wildman–Crippen LogP) is 5.33. The van der Waals surface area contributed by atoms with Crippen molar-refractivity contribution >= 4 is 28.6 Å². The Morgan fingerprint density at radius 3 is 2.34 bits per heavy atom. The number of aromatic nitrogens is 1. The molecule has 1 heterocycles. The first kappa shape index (κ1) is 21.7. The number of thioether (sulfide) groups is 1. The molecule has 32 heavy (non-hydrogen) atoms. The minimum atomic E-state index is -0.0420. The first-order chi connectivity index (χ1) is 15.7. The van der Waals surface area contributed by atoms with Crippen molar-refractivity contribution in [1.29, 1.82) is 0 Å². The molecule has 0 aliphatic rings. The molecule has 4 rings (SSSR count). The highest BCUT2D eigenvalue weighted by molar-refractivity contribution is 7.99. The average molecular weight is 445 g/mol. The molecule has 0 aliphatic heterocycles. The van der Waals surface area contributed by atoms with Crippen LogP contribution in [0.2, 0.25) is 0 Å². The van der Waals surface area contributed by atoms with Gasteiger partial charge in [0.2, 0.25) is 5.91 Å². The van der Waals surface area contributed by atoms with Gasteiger partial charge < -0.3 is 14.8 Å². The van der Waals surface area contributed by atoms with E-state index in [1.165, 1.54) is 11.8 Å². The van der Waals surface area contributed by atoms with Crippen molar-refractivity contribution in [3.05, 3.63) is 84.4 Å². The number of hydrogen-bond donors (Lipinski definition) is 1. The van der Waals surface area contributed by atoms with Gasteiger partial charge in [0.15, 0.2) is 0 Å². The van der Waals surface area contributed by atoms with Crippen LogP contribution in [0.3, 0.4) is 0 Å². The summed E-state index contributed by atoms with van der Waals surface area (Å²) < 4.78 is 10.5. The van der Waals surface area contributed by atoms with E-state index in [0.29, 0.717) is 6.54 Å². The van der Waals surface area contributed by atoms with E-state index < -0.39 is 0 Å². The fraction of sp³-hybridized carbons (Fsp3) is 0.154. The van der Waals surface area contributed by atoms with Gasteiger partial charge in [-0.1, -0.05) is 54.2 Å². The topological polar surface area (TPSA) is 60.5 Å². The molecule has 0 bridgehead atoms. The molecule has 0 spiro atoms. The molecule has 4 aromatic rings. The molecule has 0 saturated carbocycles. The summed E-state index contributed by atoms with van der Waals surface area (Å²) in [4.78, 5) is 17.2. The Labute approximate surface area is 191 Å². The van der Waals surface area contributed by atoms with Gasteiger partial charge in [0.1, 0.15) is 11.5 Å². The van der Waals surface area contributed by atoms with E-state index in [1.54, 1.807) is 14.2 Å². The van der Waals surface area contributed by atoms with E-state index in [9.17, 15) is 4.79 Å². The minimum absolute atomic E-state index is 0.0420. The zero-order valence-electron chi connectivity index (χ0n) is 18.0. The number of nitrogens with zero attached hydrogens (tertiary/aromatic N) is 1. The van der Waals surface area contributed by atoms with Crippen LogP contribution < -0.4 is 14.8 Å². The monoisotopic (exact) mass is 444 g/mol. The molecular formula is C26H24N2O3S. The van der Waals surface area contributed by atoms with Crippen molar-refractivity contribution in [3.8, 4) is 22.6 Å². The molecule has 5 nitrogen and oxygen atoms in total. The quantitative estimate of drug-likeness (QED) is 0.372. The van der Waals surface area contributed by atoms with Crippen molar-refractivity contribution in [1.82, 2.24) is 10.3 Å². The van der Waals surface area contributed by atoms with Crippen LogP contribution in [0, 0.1) is 0 Å². The molecule has 1 aromatic heterocycles. The number of benzene rings is 3. The number of methoxy groups -OCH3 is 2. The molecule has 162 valence electrons. The van der Waals surface area contributed by atoms with Gasteiger partial charge >= 0.3 is 0 Å². The number of pyridine rings is 1. The summed E-state index contributed by atoms with van der Waals surface area (Å²) in [6.07, 6.45) is 0. The minimum Gasteiger partial charge on any atom is -0.497 e. The molecule has 0 saturated heterocycles. The lowest BCUT2D eigenvalue weighted by atomic mass is 10.0. The standard InChI is InChI=1S/C26H24N2O3S/c1-30-20-10-8-18(9-11-20)16-27-25(29)17-32-26-15-23(19-6-4-3-5-7-19)22-13-12-21(31-2)14-24(22)28-26/h3-15H,16-17H2,1-2H3,(H,27,29). The largest absolute Gasteiger partial charge is 0.497 e. The number of rotatable bonds is 8. The van der Waals surface area contributed by atoms with Gasteiger partial charge in [-0.2, -0.15) is 0 Å². The number of carbonyl (C=O) groups is 1. The fourth-order valence-corrected chi connectivity index (χ4v) is 4.12. The molecule has 3 aromatic carbocycles. The van der Waals surface area contributed by atoms with Crippen molar-refractivity contribution in [2.45, 2.75) is 11.6 Å². The van der Waals surface area contributed by atoms with Gasteiger partial charge in [-0.15, -0.1) is 0 Å². The van der Waals surface area contributed by atoms with Gasteiger partial charge in [-0.05, 0) is 47.0 Å². The van der Waals surface area contributed by atoms with Crippen molar-refractivity contribution in [3.63, 3.8) is 0 Å². The summed E-state index contributed by atoms with van der Waals surface area (Å²) >= 11 is 1.42. The van der Waals surface area contributed by atoms with Crippen LogP contribution in [0.25, 0.3) is 22.0 Å². The highest BCUT2D eigenvalue weighted by Gasteiger charge is 2.11. The van der Waals surface area contributed by atoms with E-state index in [-0.39, 0.29) is 11.7 Å². The van der Waals surface area contributed by atoms with Crippen LogP contribution in [0.1, 0.15) is 5.56 Å². The van der Waals surface area contributed by atoms with E-state index in [4.69, 9.17) is 14.5 Å². The Kier molecular flexibility index (Phi) is 6.92. The predicted molar refractivity (Wildman–Crippen MR) is 129 cm³/mol. The molecule has 0 fully saturated rings. The second kappa shape index (κ2) is 10.2. The number of carbonyl (C=O) groups excluding carboxylic acids is 1. The van der Waals surface area contributed by atoms with Crippen LogP contribution in [-0.4, -0.2) is 30.9 Å². The van der Waals surface area contributed by atoms with E-state index >= 15 is 0 Å². The summed E-state index contributed by atoms with van der Waals surface area (Å²) in [5, 5.41) is 4.80. The normalized spacial score (nSPS) is 10.7. The fourth-order valence-electron chi connectivity index (χ4n) is 3.38. The SMILES string of the molecule is COc1ccc(CNC(=O)CSc2cc(-c3ccccc3)c3ccc(OC)cc3n2)cc1. The van der Waals surface area contributed by atoms with Crippen LogP contribution in [0.15, 0.2) is 83.9 Å². The summed E-state index contributed by atoms with van der Waals surface area (Å²) in [6.45, 7) is 0.473. The van der Waals surface area contributed by atoms with Crippen LogP contribution in [0.5, 0.6) is 11.5 Å². The van der Waals surface area contributed by atoms with Crippen molar-refractivity contribution in [2.24, 2.45) is 0 Å². The van der Waals surface area contributed by atoms with Gasteiger partial charge in [-0.25, -0.2) is 4.98 Å². The smallest absolute Gasteiger partial charge is 0.230 e. The van der Waals surface area contributed by atoms with Crippen LogP contribution >= 0.6 is 11.8 Å². The average Bonchev–Trinajstić information content (AvgIpc) is 2.86. The molecule has 0 radical (unpaired) electrons. The Bertz CT molecular complexity index is 1210. The number of nitrogens with one attached hydrogen (secondary N) is 1. The summed E-state index contributed by atoms with van der Waals surface area (Å²) in [5.74, 6) is 1.79. The molecule has 1 N–H and O–H groups in total. The maximum atomic E-state index is 12.4. The first-order valence-electron chi connectivity index (χ1n) is 10.2. The maximum absolute atomic E-state index is 12.4. The summed E-state index contributed by atoms with van der Waals surface area (Å²) in [6, 6.07) is 25.8. The maximum Gasteiger partial charge on any atom is 0.230 e. The zero-order valence-corrected chi connectivity index (χ0v) is 18.8. The zero-order chi connectivity index (χ0) is 22.3. The Balaban J connectivity index is 1.50. The van der Waals surface area contributed by atoms with Gasteiger partial charge in [0.05, 0.1) is 30.5 Å². The van der Waals surface area contributed by atoms with Crippen LogP contribution in [0.4, 0.5) is 0 Å². The Morgan fingerprint density at radius 1 is 0.906 bits per heavy atom. The van der Waals surface area contributed by atoms with Gasteiger partial charge in [0.25, 0.3) is 0 Å². The number of hydrogen-bond acceptors (Lipinski definition) is 5. The highest BCUT2D eigenvalue weighted by Crippen LogP contribution is 2.33. The third kappa shape index (κ3) is 5.21. The third-order valence-corrected chi connectivity index (χ3v) is 5.99. The second-order valence-corrected chi connectivity index (χ2v) is 8.17. The number of amides is 1. The lowest BCUT2D eigenvalue weighted by Gasteiger charge is -2.11. The second-order valence-electron chi connectivity index (χ2n) is 7.17. The van der Waals surface area contributed by atoms with E-state index in [1.807, 2.05) is 66.7 Å². The highest BCUT2D eigenvalue weighted by atomic mass is 32.2. The molecule has 6 heteroatoms. The van der Waals surface area contributed by atoms with E-state index in [0.717, 1.165) is 44.1 Å². The Morgan fingerprint density at radius 2 is 1.62 bits per heavy atom. The van der Waals surface area contributed by atoms with Gasteiger partial charge in [0, 0.05) is 18.0 Å². The van der Waals surface area contributed by atoms with Crippen LogP contribution in [-0.2, 0) is 11.3 Å². The molecular weight excluding hydrogens is 420 g/mol. The lowest BCUT2D eigenvalue weighted by molar-refractivity contribution is -0.118. The number of fused-ring (bicyclic) bond motifs is 1. The lowest BCUT2D eigenvalue weighted by Crippen LogP contribution is -2.24. The molecule has 0 aliphatic carbocycles. The summed E-state index contributed by atoms with van der Waals surface area (Å²) in [7, 11) is 3.28.